The van der Waals surface area contributed by atoms with Gasteiger partial charge >= 0.3 is 0 Å². The zero-order chi connectivity index (χ0) is 7.56. The van der Waals surface area contributed by atoms with Gasteiger partial charge in [-0.3, -0.25) is 0 Å². The van der Waals surface area contributed by atoms with Gasteiger partial charge in [-0.1, -0.05) is 13.8 Å². The topological polar surface area (TPSA) is 29.5 Å². The molecule has 0 aromatic carbocycles. The summed E-state index contributed by atoms with van der Waals surface area (Å²) < 4.78 is 5.40. The van der Waals surface area contributed by atoms with Crippen molar-refractivity contribution in [3.63, 3.8) is 0 Å². The summed E-state index contributed by atoms with van der Waals surface area (Å²) in [6, 6.07) is 0. The van der Waals surface area contributed by atoms with E-state index < -0.39 is 0 Å². The van der Waals surface area contributed by atoms with Crippen LogP contribution in [0.5, 0.6) is 0 Å². The number of ether oxygens (including phenoxy) is 1. The summed E-state index contributed by atoms with van der Waals surface area (Å²) in [4.78, 5) is 0. The number of rotatable bonds is 1. The molecule has 2 atom stereocenters. The van der Waals surface area contributed by atoms with Crippen LogP contribution in [0.4, 0.5) is 0 Å². The Morgan fingerprint density at radius 2 is 2.10 bits per heavy atom. The van der Waals surface area contributed by atoms with E-state index in [-0.39, 0.29) is 6.10 Å². The molecule has 0 amide bonds. The third kappa shape index (κ3) is 1.96. The van der Waals surface area contributed by atoms with Crippen molar-refractivity contribution in [1.82, 2.24) is 0 Å². The second-order valence-electron chi connectivity index (χ2n) is 3.35. The van der Waals surface area contributed by atoms with Gasteiger partial charge in [-0.2, -0.15) is 0 Å². The van der Waals surface area contributed by atoms with Crippen LogP contribution >= 0.6 is 0 Å². The molecule has 1 rings (SSSR count). The summed E-state index contributed by atoms with van der Waals surface area (Å²) in [5.41, 5.74) is 0. The Morgan fingerprint density at radius 3 is 2.50 bits per heavy atom. The molecule has 1 aliphatic rings. The van der Waals surface area contributed by atoms with E-state index in [9.17, 15) is 0 Å². The highest BCUT2D eigenvalue weighted by molar-refractivity contribution is 4.71. The highest BCUT2D eigenvalue weighted by atomic mass is 16.5. The van der Waals surface area contributed by atoms with Crippen LogP contribution < -0.4 is 0 Å². The first kappa shape index (κ1) is 8.02. The molecular weight excluding hydrogens is 128 g/mol. The molecule has 1 heterocycles. The molecule has 0 aliphatic carbocycles. The third-order valence-corrected chi connectivity index (χ3v) is 2.03. The third-order valence-electron chi connectivity index (χ3n) is 2.03. The molecule has 2 heteroatoms. The Kier molecular flexibility index (Phi) is 2.69. The second-order valence-corrected chi connectivity index (χ2v) is 3.35. The molecular formula is C8H16O2. The first-order valence-electron chi connectivity index (χ1n) is 4.00. The van der Waals surface area contributed by atoms with Crippen molar-refractivity contribution in [2.24, 2.45) is 5.92 Å². The van der Waals surface area contributed by atoms with Crippen LogP contribution in [0, 0.1) is 5.92 Å². The van der Waals surface area contributed by atoms with E-state index in [4.69, 9.17) is 9.84 Å². The van der Waals surface area contributed by atoms with Gasteiger partial charge < -0.3 is 9.84 Å². The molecule has 2 unspecified atom stereocenters. The fourth-order valence-electron chi connectivity index (χ4n) is 1.28. The molecule has 2 nitrogen and oxygen atoms in total. The normalized spacial score (nSPS) is 34.8. The van der Waals surface area contributed by atoms with Gasteiger partial charge in [-0.15, -0.1) is 0 Å². The predicted molar refractivity (Wildman–Crippen MR) is 39.8 cm³/mol. The van der Waals surface area contributed by atoms with Gasteiger partial charge in [-0.25, -0.2) is 0 Å². The van der Waals surface area contributed by atoms with Crippen LogP contribution in [0.2, 0.25) is 0 Å². The maximum Gasteiger partial charge on any atom is 0.0774 e. The van der Waals surface area contributed by atoms with E-state index in [1.54, 1.807) is 0 Å². The lowest BCUT2D eigenvalue weighted by molar-refractivity contribution is -0.0725. The van der Waals surface area contributed by atoms with Crippen LogP contribution in [0.25, 0.3) is 0 Å². The molecule has 0 bridgehead atoms. The predicted octanol–water partition coefficient (Wildman–Crippen LogP) is 1.18. The minimum atomic E-state index is -0.213. The first-order chi connectivity index (χ1) is 4.70. The summed E-state index contributed by atoms with van der Waals surface area (Å²) in [7, 11) is 0. The van der Waals surface area contributed by atoms with Gasteiger partial charge in [0.2, 0.25) is 0 Å². The van der Waals surface area contributed by atoms with E-state index in [1.807, 2.05) is 0 Å². The fraction of sp³-hybridized carbons (Fsp3) is 1.00. The molecule has 0 aromatic heterocycles. The molecule has 1 N–H and O–H groups in total. The highest BCUT2D eigenvalue weighted by Crippen LogP contribution is 2.19. The Balaban J connectivity index is 2.26. The van der Waals surface area contributed by atoms with Gasteiger partial charge in [0.25, 0.3) is 0 Å². The van der Waals surface area contributed by atoms with Crippen molar-refractivity contribution >= 4 is 0 Å². The van der Waals surface area contributed by atoms with Crippen molar-refractivity contribution < 1.29 is 9.84 Å². The summed E-state index contributed by atoms with van der Waals surface area (Å²) in [5, 5.41) is 9.08. The van der Waals surface area contributed by atoms with Crippen molar-refractivity contribution in [3.05, 3.63) is 0 Å². The van der Waals surface area contributed by atoms with Crippen LogP contribution in [0.1, 0.15) is 26.7 Å². The van der Waals surface area contributed by atoms with Crippen LogP contribution in [0.3, 0.4) is 0 Å². The summed E-state index contributed by atoms with van der Waals surface area (Å²) in [6.07, 6.45) is 2.08. The molecule has 60 valence electrons. The van der Waals surface area contributed by atoms with Gasteiger partial charge in [0.05, 0.1) is 18.8 Å². The number of aliphatic hydroxyl groups excluding tert-OH is 1. The van der Waals surface area contributed by atoms with Gasteiger partial charge in [0.15, 0.2) is 0 Å². The lowest BCUT2D eigenvalue weighted by Crippen LogP contribution is -2.32. The Hall–Kier alpha value is -0.0800. The quantitative estimate of drug-likeness (QED) is 0.599. The largest absolute Gasteiger partial charge is 0.391 e. The fourth-order valence-corrected chi connectivity index (χ4v) is 1.28. The monoisotopic (exact) mass is 144 g/mol. The van der Waals surface area contributed by atoms with E-state index in [0.29, 0.717) is 18.6 Å². The van der Waals surface area contributed by atoms with Gasteiger partial charge in [0.1, 0.15) is 0 Å². The molecule has 1 fully saturated rings. The van der Waals surface area contributed by atoms with Crippen LogP contribution in [-0.4, -0.2) is 23.9 Å². The number of hydrogen-bond donors (Lipinski definition) is 1. The van der Waals surface area contributed by atoms with Crippen molar-refractivity contribution in [2.45, 2.75) is 38.9 Å². The summed E-state index contributed by atoms with van der Waals surface area (Å²) >= 11 is 0. The van der Waals surface area contributed by atoms with Crippen LogP contribution in [-0.2, 0) is 4.74 Å². The van der Waals surface area contributed by atoms with Gasteiger partial charge in [-0.05, 0) is 18.8 Å². The zero-order valence-corrected chi connectivity index (χ0v) is 6.71. The van der Waals surface area contributed by atoms with E-state index in [2.05, 4.69) is 13.8 Å². The standard InChI is InChI=1S/C8H16O2/c1-6(2)8-4-3-7(9)5-10-8/h6-9H,3-5H2,1-2H3. The maximum absolute atomic E-state index is 9.08. The maximum atomic E-state index is 9.08. The van der Waals surface area contributed by atoms with E-state index >= 15 is 0 Å². The lowest BCUT2D eigenvalue weighted by atomic mass is 9.98. The van der Waals surface area contributed by atoms with Crippen LogP contribution in [0.15, 0.2) is 0 Å². The molecule has 10 heavy (non-hydrogen) atoms. The lowest BCUT2D eigenvalue weighted by Gasteiger charge is -2.28. The molecule has 0 spiro atoms. The summed E-state index contributed by atoms with van der Waals surface area (Å²) in [6.45, 7) is 4.84. The second kappa shape index (κ2) is 3.35. The Labute approximate surface area is 62.2 Å². The SMILES string of the molecule is CC(C)C1CCC(O)CO1. The zero-order valence-electron chi connectivity index (χ0n) is 6.71. The van der Waals surface area contributed by atoms with Gasteiger partial charge in [0, 0.05) is 0 Å². The average Bonchev–Trinajstić information content (AvgIpc) is 1.88. The number of aliphatic hydroxyl groups is 1. The molecule has 0 radical (unpaired) electrons. The minimum absolute atomic E-state index is 0.213. The Morgan fingerprint density at radius 1 is 1.40 bits per heavy atom. The van der Waals surface area contributed by atoms with E-state index in [1.165, 1.54) is 0 Å². The molecule has 0 aromatic rings. The van der Waals surface area contributed by atoms with Crippen molar-refractivity contribution in [1.29, 1.82) is 0 Å². The molecule has 1 aliphatic heterocycles. The van der Waals surface area contributed by atoms with Crippen molar-refractivity contribution in [2.75, 3.05) is 6.61 Å². The molecule has 1 saturated heterocycles. The average molecular weight is 144 g/mol. The highest BCUT2D eigenvalue weighted by Gasteiger charge is 2.21. The minimum Gasteiger partial charge on any atom is -0.391 e. The number of hydrogen-bond acceptors (Lipinski definition) is 2. The Bertz CT molecular complexity index is 93.4. The smallest absolute Gasteiger partial charge is 0.0774 e. The van der Waals surface area contributed by atoms with Crippen molar-refractivity contribution in [3.8, 4) is 0 Å². The first-order valence-corrected chi connectivity index (χ1v) is 4.00. The molecule has 0 saturated carbocycles. The summed E-state index contributed by atoms with van der Waals surface area (Å²) in [5.74, 6) is 0.590. The van der Waals surface area contributed by atoms with E-state index in [0.717, 1.165) is 12.8 Å².